The van der Waals surface area contributed by atoms with E-state index in [9.17, 15) is 14.4 Å². The Balaban J connectivity index is 2.32. The molecule has 0 bridgehead atoms. The van der Waals surface area contributed by atoms with E-state index in [0.717, 1.165) is 56.7 Å². The van der Waals surface area contributed by atoms with Crippen molar-refractivity contribution < 1.29 is 28.6 Å². The molecular weight excluding hydrogens is 480 g/mol. The Morgan fingerprint density at radius 3 is 1.53 bits per heavy atom. The van der Waals surface area contributed by atoms with E-state index in [2.05, 4.69) is 13.2 Å². The molecule has 0 aromatic heterocycles. The summed E-state index contributed by atoms with van der Waals surface area (Å²) in [4.78, 5) is 35.7. The largest absolute Gasteiger partial charge is 0.426 e. The molecule has 0 amide bonds. The molecule has 0 atom stereocenters. The lowest BCUT2D eigenvalue weighted by molar-refractivity contribution is -0.132. The first-order chi connectivity index (χ1) is 17.9. The van der Waals surface area contributed by atoms with Crippen LogP contribution in [0.25, 0.3) is 0 Å². The Kier molecular flexibility index (Phi) is 8.68. The number of hydrogen-bond acceptors (Lipinski definition) is 6. The fraction of sp³-hybridized carbons (Fsp3) is 0.219. The highest BCUT2D eigenvalue weighted by atomic mass is 16.5. The fourth-order valence-corrected chi connectivity index (χ4v) is 4.41. The number of esters is 3. The number of benzene rings is 3. The van der Waals surface area contributed by atoms with Gasteiger partial charge in [0.1, 0.15) is 17.2 Å². The summed E-state index contributed by atoms with van der Waals surface area (Å²) in [6.45, 7) is 17.9. The van der Waals surface area contributed by atoms with Crippen LogP contribution in [0, 0.1) is 34.6 Å². The van der Waals surface area contributed by atoms with Crippen LogP contribution in [0.2, 0.25) is 0 Å². The highest BCUT2D eigenvalue weighted by Gasteiger charge is 2.27. The van der Waals surface area contributed by atoms with Gasteiger partial charge in [0.2, 0.25) is 0 Å². The van der Waals surface area contributed by atoms with Gasteiger partial charge in [-0.2, -0.15) is 0 Å². The Morgan fingerprint density at radius 1 is 0.632 bits per heavy atom. The predicted molar refractivity (Wildman–Crippen MR) is 147 cm³/mol. The van der Waals surface area contributed by atoms with Gasteiger partial charge in [-0.05, 0) is 86.2 Å². The van der Waals surface area contributed by atoms with Crippen LogP contribution in [-0.2, 0) is 14.4 Å². The summed E-state index contributed by atoms with van der Waals surface area (Å²) < 4.78 is 16.5. The predicted octanol–water partition coefficient (Wildman–Crippen LogP) is 6.52. The van der Waals surface area contributed by atoms with E-state index in [1.54, 1.807) is 6.07 Å². The third-order valence-corrected chi connectivity index (χ3v) is 6.23. The number of aryl methyl sites for hydroxylation is 5. The fourth-order valence-electron chi connectivity index (χ4n) is 4.41. The van der Waals surface area contributed by atoms with Crippen LogP contribution in [0.3, 0.4) is 0 Å². The highest BCUT2D eigenvalue weighted by Crippen LogP contribution is 2.43. The minimum Gasteiger partial charge on any atom is -0.426 e. The molecule has 0 N–H and O–H groups in total. The molecule has 0 saturated carbocycles. The van der Waals surface area contributed by atoms with Gasteiger partial charge in [-0.1, -0.05) is 43.0 Å². The maximum Gasteiger partial charge on any atom is 0.335 e. The zero-order chi connectivity index (χ0) is 28.1. The molecule has 0 spiro atoms. The number of ether oxygens (including phenoxy) is 3. The Morgan fingerprint density at radius 2 is 1.11 bits per heavy atom. The van der Waals surface area contributed by atoms with Crippen molar-refractivity contribution in [2.75, 3.05) is 0 Å². The summed E-state index contributed by atoms with van der Waals surface area (Å²) in [7, 11) is 0. The molecule has 0 aliphatic rings. The second-order valence-corrected chi connectivity index (χ2v) is 9.27. The minimum absolute atomic E-state index is 0.352. The molecule has 38 heavy (non-hydrogen) atoms. The van der Waals surface area contributed by atoms with Crippen molar-refractivity contribution in [2.45, 2.75) is 47.5 Å². The molecule has 0 aliphatic heterocycles. The average molecular weight is 513 g/mol. The van der Waals surface area contributed by atoms with Crippen LogP contribution in [0.15, 0.2) is 67.8 Å². The molecule has 0 radical (unpaired) electrons. The topological polar surface area (TPSA) is 78.9 Å². The Labute approximate surface area is 223 Å². The number of hydrogen-bond donors (Lipinski definition) is 0. The monoisotopic (exact) mass is 512 g/mol. The second kappa shape index (κ2) is 11.7. The molecule has 6 heteroatoms. The van der Waals surface area contributed by atoms with Crippen molar-refractivity contribution in [1.29, 1.82) is 0 Å². The summed E-state index contributed by atoms with van der Waals surface area (Å²) in [5, 5.41) is 0. The molecule has 3 aromatic rings. The third-order valence-electron chi connectivity index (χ3n) is 6.23. The van der Waals surface area contributed by atoms with Gasteiger partial charge in [0.15, 0.2) is 0 Å². The van der Waals surface area contributed by atoms with Gasteiger partial charge < -0.3 is 14.2 Å². The lowest BCUT2D eigenvalue weighted by Crippen LogP contribution is -2.13. The van der Waals surface area contributed by atoms with E-state index < -0.39 is 17.9 Å². The molecule has 0 fully saturated rings. The molecule has 0 saturated heterocycles. The quantitative estimate of drug-likeness (QED) is 0.148. The Bertz CT molecular complexity index is 1370. The van der Waals surface area contributed by atoms with Crippen LogP contribution < -0.4 is 14.2 Å². The summed E-state index contributed by atoms with van der Waals surface area (Å²) >= 11 is 0. The minimum atomic E-state index is -0.538. The molecule has 0 heterocycles. The van der Waals surface area contributed by atoms with Crippen molar-refractivity contribution in [3.63, 3.8) is 0 Å². The zero-order valence-corrected chi connectivity index (χ0v) is 22.6. The van der Waals surface area contributed by atoms with Crippen LogP contribution in [0.5, 0.6) is 17.2 Å². The van der Waals surface area contributed by atoms with Crippen molar-refractivity contribution in [1.82, 2.24) is 0 Å². The van der Waals surface area contributed by atoms with Crippen molar-refractivity contribution in [3.05, 3.63) is 112 Å². The van der Waals surface area contributed by atoms with Gasteiger partial charge in [-0.15, -0.1) is 0 Å². The summed E-state index contributed by atoms with van der Waals surface area (Å²) in [6, 6.07) is 13.3. The van der Waals surface area contributed by atoms with Crippen LogP contribution in [0.1, 0.15) is 57.3 Å². The van der Waals surface area contributed by atoms with E-state index in [0.29, 0.717) is 17.2 Å². The average Bonchev–Trinajstić information content (AvgIpc) is 2.85. The molecule has 3 rings (SSSR count). The highest BCUT2D eigenvalue weighted by molar-refractivity contribution is 5.84. The standard InChI is InChI=1S/C32H32O6/c1-9-30(34)37-28-16-19(4)24(14-21(28)6)32(26-13-18(3)11-12-27(26)36-23(8)33)25-15-22(7)29(17-20(25)5)38-31(35)10-2/h9-17,32H,1-2H2,3-8H3. The maximum atomic E-state index is 12.0. The van der Waals surface area contributed by atoms with Crippen LogP contribution >= 0.6 is 0 Å². The van der Waals surface area contributed by atoms with Gasteiger partial charge in [0.05, 0.1) is 0 Å². The smallest absolute Gasteiger partial charge is 0.335 e. The first-order valence-electron chi connectivity index (χ1n) is 12.1. The second-order valence-electron chi connectivity index (χ2n) is 9.27. The SMILES string of the molecule is C=CC(=O)Oc1cc(C)c(C(c2cc(C)c(OC(=O)C=C)cc2C)c2cc(C)ccc2OC(C)=O)cc1C. The lowest BCUT2D eigenvalue weighted by Gasteiger charge is -2.26. The van der Waals surface area contributed by atoms with Crippen LogP contribution in [0.4, 0.5) is 0 Å². The third kappa shape index (κ3) is 6.27. The van der Waals surface area contributed by atoms with Crippen LogP contribution in [-0.4, -0.2) is 17.9 Å². The van der Waals surface area contributed by atoms with E-state index in [-0.39, 0.29) is 5.92 Å². The van der Waals surface area contributed by atoms with Crippen molar-refractivity contribution in [3.8, 4) is 17.2 Å². The zero-order valence-electron chi connectivity index (χ0n) is 22.6. The maximum absolute atomic E-state index is 12.0. The van der Waals surface area contributed by atoms with Crippen molar-refractivity contribution >= 4 is 17.9 Å². The lowest BCUT2D eigenvalue weighted by atomic mass is 9.79. The van der Waals surface area contributed by atoms with E-state index in [1.807, 2.05) is 71.0 Å². The van der Waals surface area contributed by atoms with E-state index >= 15 is 0 Å². The van der Waals surface area contributed by atoms with Gasteiger partial charge >= 0.3 is 17.9 Å². The first kappa shape index (κ1) is 28.1. The molecule has 196 valence electrons. The first-order valence-corrected chi connectivity index (χ1v) is 12.1. The molecular formula is C32H32O6. The molecule has 0 unspecified atom stereocenters. The van der Waals surface area contributed by atoms with E-state index in [4.69, 9.17) is 14.2 Å². The normalized spacial score (nSPS) is 10.6. The van der Waals surface area contributed by atoms with Gasteiger partial charge in [-0.25, -0.2) is 9.59 Å². The van der Waals surface area contributed by atoms with E-state index in [1.165, 1.54) is 6.92 Å². The number of rotatable bonds is 8. The van der Waals surface area contributed by atoms with Crippen molar-refractivity contribution in [2.24, 2.45) is 0 Å². The summed E-state index contributed by atoms with van der Waals surface area (Å²) in [5.41, 5.74) is 6.96. The summed E-state index contributed by atoms with van der Waals surface area (Å²) in [5.74, 6) is -0.514. The number of carbonyl (C=O) groups excluding carboxylic acids is 3. The van der Waals surface area contributed by atoms with Gasteiger partial charge in [0, 0.05) is 30.6 Å². The Hall–Kier alpha value is -4.45. The van der Waals surface area contributed by atoms with Gasteiger partial charge in [-0.3, -0.25) is 4.79 Å². The summed E-state index contributed by atoms with van der Waals surface area (Å²) in [6.07, 6.45) is 2.24. The number of carbonyl (C=O) groups is 3. The molecule has 0 aliphatic carbocycles. The molecule has 6 nitrogen and oxygen atoms in total. The van der Waals surface area contributed by atoms with Gasteiger partial charge in [0.25, 0.3) is 0 Å². The molecule has 3 aromatic carbocycles.